The summed E-state index contributed by atoms with van der Waals surface area (Å²) >= 11 is 0. The largest absolute Gasteiger partial charge is 0.464 e. The lowest BCUT2D eigenvalue weighted by Gasteiger charge is -2.22. The minimum atomic E-state index is -0.474. The van der Waals surface area contributed by atoms with Crippen molar-refractivity contribution in [3.8, 4) is 11.1 Å². The van der Waals surface area contributed by atoms with E-state index in [9.17, 15) is 9.59 Å². The van der Waals surface area contributed by atoms with Crippen LogP contribution in [0, 0.1) is 11.8 Å². The van der Waals surface area contributed by atoms with E-state index in [4.69, 9.17) is 9.47 Å². The highest BCUT2D eigenvalue weighted by atomic mass is 16.6. The Labute approximate surface area is 192 Å². The topological polar surface area (TPSA) is 52.6 Å². The van der Waals surface area contributed by atoms with Crippen molar-refractivity contribution in [1.29, 1.82) is 0 Å². The molecule has 2 atom stereocenters. The highest BCUT2D eigenvalue weighted by Crippen LogP contribution is 2.44. The molecule has 0 radical (unpaired) electrons. The third kappa shape index (κ3) is 5.79. The molecule has 0 heterocycles. The summed E-state index contributed by atoms with van der Waals surface area (Å²) in [5.74, 6) is -0.552. The predicted octanol–water partition coefficient (Wildman–Crippen LogP) is 6.52. The Morgan fingerprint density at radius 2 is 1.47 bits per heavy atom. The highest BCUT2D eigenvalue weighted by Gasteiger charge is 2.30. The fraction of sp³-hybridized carbons (Fsp3) is 0.500. The molecule has 0 aliphatic heterocycles. The van der Waals surface area contributed by atoms with Crippen LogP contribution in [0.3, 0.4) is 0 Å². The minimum Gasteiger partial charge on any atom is -0.464 e. The summed E-state index contributed by atoms with van der Waals surface area (Å²) in [4.78, 5) is 25.0. The van der Waals surface area contributed by atoms with Crippen molar-refractivity contribution in [1.82, 2.24) is 0 Å². The SMILES string of the molecule is CCC(CCCC(C)C(=O)OC(C)(C)C)C(=O)OCC1c2ccccc2-c2ccccc21. The molecule has 0 amide bonds. The molecule has 2 unspecified atom stereocenters. The van der Waals surface area contributed by atoms with Gasteiger partial charge in [0.1, 0.15) is 12.2 Å². The first-order valence-electron chi connectivity index (χ1n) is 11.8. The molecule has 2 aromatic rings. The number of carbonyl (C=O) groups is 2. The summed E-state index contributed by atoms with van der Waals surface area (Å²) in [6.45, 7) is 9.90. The molecule has 0 fully saturated rings. The van der Waals surface area contributed by atoms with Gasteiger partial charge in [-0.15, -0.1) is 0 Å². The Kier molecular flexibility index (Phi) is 7.76. The van der Waals surface area contributed by atoms with Gasteiger partial charge in [0.15, 0.2) is 0 Å². The number of rotatable bonds is 9. The lowest BCUT2D eigenvalue weighted by molar-refractivity contribution is -0.159. The molecule has 3 rings (SSSR count). The average Bonchev–Trinajstić information content (AvgIpc) is 3.07. The van der Waals surface area contributed by atoms with Gasteiger partial charge < -0.3 is 9.47 Å². The molecule has 4 heteroatoms. The third-order valence-corrected chi connectivity index (χ3v) is 6.18. The fourth-order valence-electron chi connectivity index (χ4n) is 4.40. The second kappa shape index (κ2) is 10.3. The summed E-state index contributed by atoms with van der Waals surface area (Å²) in [7, 11) is 0. The van der Waals surface area contributed by atoms with E-state index in [1.54, 1.807) is 0 Å². The van der Waals surface area contributed by atoms with Crippen LogP contribution < -0.4 is 0 Å². The molecular formula is C28H36O4. The Hall–Kier alpha value is -2.62. The monoisotopic (exact) mass is 436 g/mol. The Morgan fingerprint density at radius 3 is 2.00 bits per heavy atom. The van der Waals surface area contributed by atoms with E-state index < -0.39 is 5.60 Å². The van der Waals surface area contributed by atoms with Crippen LogP contribution in [0.1, 0.15) is 77.3 Å². The van der Waals surface area contributed by atoms with Crippen molar-refractivity contribution >= 4 is 11.9 Å². The van der Waals surface area contributed by atoms with Crippen LogP contribution in [0.15, 0.2) is 48.5 Å². The Morgan fingerprint density at radius 1 is 0.906 bits per heavy atom. The van der Waals surface area contributed by atoms with Crippen LogP contribution >= 0.6 is 0 Å². The highest BCUT2D eigenvalue weighted by molar-refractivity contribution is 5.79. The summed E-state index contributed by atoms with van der Waals surface area (Å²) in [5.41, 5.74) is 4.43. The van der Waals surface area contributed by atoms with Gasteiger partial charge in [0.25, 0.3) is 0 Å². The zero-order valence-electron chi connectivity index (χ0n) is 20.0. The molecule has 0 N–H and O–H groups in total. The van der Waals surface area contributed by atoms with Crippen molar-refractivity contribution in [2.45, 2.75) is 71.8 Å². The second-order valence-corrected chi connectivity index (χ2v) is 9.83. The van der Waals surface area contributed by atoms with Crippen molar-refractivity contribution in [3.05, 3.63) is 59.7 Å². The fourth-order valence-corrected chi connectivity index (χ4v) is 4.40. The number of ether oxygens (including phenoxy) is 2. The molecule has 32 heavy (non-hydrogen) atoms. The smallest absolute Gasteiger partial charge is 0.309 e. The van der Waals surface area contributed by atoms with Gasteiger partial charge in [-0.3, -0.25) is 9.59 Å². The molecule has 0 bridgehead atoms. The number of carbonyl (C=O) groups excluding carboxylic acids is 2. The van der Waals surface area contributed by atoms with Crippen LogP contribution in [0.2, 0.25) is 0 Å². The van der Waals surface area contributed by atoms with Crippen molar-refractivity contribution < 1.29 is 19.1 Å². The van der Waals surface area contributed by atoms with Gasteiger partial charge in [-0.2, -0.15) is 0 Å². The summed E-state index contributed by atoms with van der Waals surface area (Å²) in [5, 5.41) is 0. The van der Waals surface area contributed by atoms with Gasteiger partial charge in [0.2, 0.25) is 0 Å². The Balaban J connectivity index is 1.53. The standard InChI is InChI=1S/C28H36O4/c1-6-20(13-11-12-19(2)26(29)32-28(3,4)5)27(30)31-18-25-23-16-9-7-14-21(23)22-15-8-10-17-24(22)25/h7-10,14-17,19-20,25H,6,11-13,18H2,1-5H3. The zero-order chi connectivity index (χ0) is 23.3. The van der Waals surface area contributed by atoms with Gasteiger partial charge in [0.05, 0.1) is 11.8 Å². The van der Waals surface area contributed by atoms with E-state index in [1.165, 1.54) is 22.3 Å². The van der Waals surface area contributed by atoms with Crippen molar-refractivity contribution in [2.24, 2.45) is 11.8 Å². The molecule has 4 nitrogen and oxygen atoms in total. The molecular weight excluding hydrogens is 400 g/mol. The van der Waals surface area contributed by atoms with Crippen LogP contribution in [-0.4, -0.2) is 24.1 Å². The lowest BCUT2D eigenvalue weighted by Crippen LogP contribution is -2.27. The number of hydrogen-bond donors (Lipinski definition) is 0. The molecule has 1 aliphatic rings. The van der Waals surface area contributed by atoms with Crippen LogP contribution in [0.5, 0.6) is 0 Å². The van der Waals surface area contributed by atoms with E-state index >= 15 is 0 Å². The van der Waals surface area contributed by atoms with Gasteiger partial charge in [-0.05, 0) is 62.3 Å². The molecule has 1 aliphatic carbocycles. The molecule has 2 aromatic carbocycles. The maximum absolute atomic E-state index is 12.8. The van der Waals surface area contributed by atoms with Gasteiger partial charge in [0, 0.05) is 5.92 Å². The average molecular weight is 437 g/mol. The van der Waals surface area contributed by atoms with Crippen LogP contribution in [0.25, 0.3) is 11.1 Å². The molecule has 0 aromatic heterocycles. The van der Waals surface area contributed by atoms with Crippen LogP contribution in [0.4, 0.5) is 0 Å². The first kappa shape index (κ1) is 24.0. The van der Waals surface area contributed by atoms with E-state index in [0.717, 1.165) is 19.3 Å². The summed E-state index contributed by atoms with van der Waals surface area (Å²) < 4.78 is 11.3. The number of esters is 2. The van der Waals surface area contributed by atoms with E-state index in [-0.39, 0.29) is 29.7 Å². The van der Waals surface area contributed by atoms with Crippen molar-refractivity contribution in [3.63, 3.8) is 0 Å². The first-order chi connectivity index (χ1) is 15.2. The molecule has 0 spiro atoms. The summed E-state index contributed by atoms with van der Waals surface area (Å²) in [6.07, 6.45) is 2.96. The number of hydrogen-bond acceptors (Lipinski definition) is 4. The van der Waals surface area contributed by atoms with Crippen molar-refractivity contribution in [2.75, 3.05) is 6.61 Å². The molecule has 0 saturated heterocycles. The zero-order valence-corrected chi connectivity index (χ0v) is 20.0. The van der Waals surface area contributed by atoms with E-state index in [2.05, 4.69) is 36.4 Å². The normalized spacial score (nSPS) is 14.9. The predicted molar refractivity (Wildman–Crippen MR) is 127 cm³/mol. The number of benzene rings is 2. The maximum atomic E-state index is 12.8. The summed E-state index contributed by atoms with van der Waals surface area (Å²) in [6, 6.07) is 16.7. The quantitative estimate of drug-likeness (QED) is 0.420. The first-order valence-corrected chi connectivity index (χ1v) is 11.8. The molecule has 172 valence electrons. The van der Waals surface area contributed by atoms with E-state index in [1.807, 2.05) is 46.8 Å². The van der Waals surface area contributed by atoms with Crippen LogP contribution in [-0.2, 0) is 19.1 Å². The lowest BCUT2D eigenvalue weighted by atomic mass is 9.95. The second-order valence-electron chi connectivity index (χ2n) is 9.83. The van der Waals surface area contributed by atoms with E-state index in [0.29, 0.717) is 13.0 Å². The minimum absolute atomic E-state index is 0.0797. The number of fused-ring (bicyclic) bond motifs is 3. The molecule has 0 saturated carbocycles. The maximum Gasteiger partial charge on any atom is 0.309 e. The van der Waals surface area contributed by atoms with Gasteiger partial charge in [-0.1, -0.05) is 68.8 Å². The third-order valence-electron chi connectivity index (χ3n) is 6.18. The van der Waals surface area contributed by atoms with Gasteiger partial charge in [-0.25, -0.2) is 0 Å². The Bertz CT molecular complexity index is 895. The van der Waals surface area contributed by atoms with Gasteiger partial charge >= 0.3 is 11.9 Å².